The fourth-order valence-electron chi connectivity index (χ4n) is 3.05. The van der Waals surface area contributed by atoms with Crippen molar-refractivity contribution in [1.29, 1.82) is 0 Å². The van der Waals surface area contributed by atoms with Crippen molar-refractivity contribution < 1.29 is 9.59 Å². The smallest absolute Gasteiger partial charge is 0.242 e. The molecule has 0 aliphatic rings. The molecule has 4 nitrogen and oxygen atoms in total. The first-order valence-electron chi connectivity index (χ1n) is 9.26. The number of carbonyl (C=O) groups excluding carboxylic acids is 2. The molecule has 144 valence electrons. The van der Waals surface area contributed by atoms with Crippen LogP contribution in [0.5, 0.6) is 0 Å². The monoisotopic (exact) mass is 386 g/mol. The first kappa shape index (κ1) is 21.0. The lowest BCUT2D eigenvalue weighted by Gasteiger charge is -2.30. The van der Waals surface area contributed by atoms with E-state index in [1.54, 1.807) is 18.0 Å². The molecule has 5 heteroatoms. The molecular formula is C22H27ClN2O2. The normalized spacial score (nSPS) is 11.7. The molecule has 1 N–H and O–H groups in total. The summed E-state index contributed by atoms with van der Waals surface area (Å²) < 4.78 is 0. The Balaban J connectivity index is 2.19. The Morgan fingerprint density at radius 1 is 1.11 bits per heavy atom. The standard InChI is InChI=1S/C22H27ClN2O2/c1-4-20(22(27)24-3)25(15-18-7-5-6-8-19(18)23)21(26)14-13-17-11-9-16(2)10-12-17/h5-12,20H,4,13-15H2,1-3H3,(H,24,27)/t20-/m0/s1. The Morgan fingerprint density at radius 3 is 2.37 bits per heavy atom. The summed E-state index contributed by atoms with van der Waals surface area (Å²) in [5, 5.41) is 3.26. The molecule has 0 aliphatic carbocycles. The number of likely N-dealkylation sites (N-methyl/N-ethyl adjacent to an activating group) is 1. The van der Waals surface area contributed by atoms with Crippen LogP contribution in [0.2, 0.25) is 5.02 Å². The molecule has 2 amide bonds. The number of carbonyl (C=O) groups is 2. The summed E-state index contributed by atoms with van der Waals surface area (Å²) in [6.45, 7) is 4.26. The number of benzene rings is 2. The lowest BCUT2D eigenvalue weighted by Crippen LogP contribution is -2.48. The van der Waals surface area contributed by atoms with Gasteiger partial charge in [-0.1, -0.05) is 66.6 Å². The molecule has 2 rings (SSSR count). The SMILES string of the molecule is CC[C@@H](C(=O)NC)N(Cc1ccccc1Cl)C(=O)CCc1ccc(C)cc1. The third-order valence-electron chi connectivity index (χ3n) is 4.68. The number of hydrogen-bond donors (Lipinski definition) is 1. The van der Waals surface area contributed by atoms with Gasteiger partial charge in [0.2, 0.25) is 11.8 Å². The fraction of sp³-hybridized carbons (Fsp3) is 0.364. The summed E-state index contributed by atoms with van der Waals surface area (Å²) in [5.41, 5.74) is 3.14. The summed E-state index contributed by atoms with van der Waals surface area (Å²) in [6.07, 6.45) is 1.53. The van der Waals surface area contributed by atoms with Crippen LogP contribution in [0.1, 0.15) is 36.5 Å². The van der Waals surface area contributed by atoms with Gasteiger partial charge in [-0.05, 0) is 37.0 Å². The third-order valence-corrected chi connectivity index (χ3v) is 5.05. The van der Waals surface area contributed by atoms with Crippen molar-refractivity contribution >= 4 is 23.4 Å². The second-order valence-corrected chi connectivity index (χ2v) is 7.04. The molecule has 27 heavy (non-hydrogen) atoms. The van der Waals surface area contributed by atoms with Crippen molar-refractivity contribution in [3.8, 4) is 0 Å². The van der Waals surface area contributed by atoms with Crippen molar-refractivity contribution in [2.75, 3.05) is 7.05 Å². The predicted octanol–water partition coefficient (Wildman–Crippen LogP) is 4.13. The Bertz CT molecular complexity index is 774. The van der Waals surface area contributed by atoms with Crippen LogP contribution in [-0.2, 0) is 22.6 Å². The van der Waals surface area contributed by atoms with E-state index < -0.39 is 6.04 Å². The van der Waals surface area contributed by atoms with E-state index in [-0.39, 0.29) is 11.8 Å². The van der Waals surface area contributed by atoms with Gasteiger partial charge in [0.15, 0.2) is 0 Å². The van der Waals surface area contributed by atoms with Crippen LogP contribution in [0.15, 0.2) is 48.5 Å². The molecule has 0 saturated heterocycles. The number of nitrogens with zero attached hydrogens (tertiary/aromatic N) is 1. The molecule has 0 heterocycles. The molecule has 0 radical (unpaired) electrons. The second-order valence-electron chi connectivity index (χ2n) is 6.64. The number of hydrogen-bond acceptors (Lipinski definition) is 2. The van der Waals surface area contributed by atoms with E-state index in [4.69, 9.17) is 11.6 Å². The highest BCUT2D eigenvalue weighted by Crippen LogP contribution is 2.20. The molecule has 0 bridgehead atoms. The Labute approximate surface area is 166 Å². The van der Waals surface area contributed by atoms with Gasteiger partial charge in [-0.15, -0.1) is 0 Å². The minimum absolute atomic E-state index is 0.0501. The highest BCUT2D eigenvalue weighted by atomic mass is 35.5. The van der Waals surface area contributed by atoms with E-state index in [2.05, 4.69) is 5.32 Å². The molecule has 2 aromatic rings. The van der Waals surface area contributed by atoms with Crippen molar-refractivity contribution in [3.63, 3.8) is 0 Å². The van der Waals surface area contributed by atoms with Gasteiger partial charge in [0, 0.05) is 25.0 Å². The average molecular weight is 387 g/mol. The molecule has 0 aliphatic heterocycles. The minimum atomic E-state index is -0.517. The highest BCUT2D eigenvalue weighted by Gasteiger charge is 2.28. The Kier molecular flexibility index (Phi) is 7.86. The van der Waals surface area contributed by atoms with Gasteiger partial charge in [0.25, 0.3) is 0 Å². The van der Waals surface area contributed by atoms with Crippen LogP contribution in [0.25, 0.3) is 0 Å². The molecule has 0 saturated carbocycles. The first-order valence-corrected chi connectivity index (χ1v) is 9.64. The topological polar surface area (TPSA) is 49.4 Å². The quantitative estimate of drug-likeness (QED) is 0.741. The zero-order valence-electron chi connectivity index (χ0n) is 16.2. The maximum Gasteiger partial charge on any atom is 0.242 e. The molecule has 0 aromatic heterocycles. The minimum Gasteiger partial charge on any atom is -0.357 e. The summed E-state index contributed by atoms with van der Waals surface area (Å²) in [7, 11) is 1.59. The second kappa shape index (κ2) is 10.1. The maximum atomic E-state index is 13.0. The maximum absolute atomic E-state index is 13.0. The predicted molar refractivity (Wildman–Crippen MR) is 110 cm³/mol. The van der Waals surface area contributed by atoms with Crippen molar-refractivity contribution in [3.05, 3.63) is 70.2 Å². The van der Waals surface area contributed by atoms with Gasteiger partial charge in [-0.2, -0.15) is 0 Å². The Morgan fingerprint density at radius 2 is 1.78 bits per heavy atom. The molecule has 2 aromatic carbocycles. The highest BCUT2D eigenvalue weighted by molar-refractivity contribution is 6.31. The van der Waals surface area contributed by atoms with E-state index in [1.165, 1.54) is 5.56 Å². The van der Waals surface area contributed by atoms with E-state index in [9.17, 15) is 9.59 Å². The van der Waals surface area contributed by atoms with Gasteiger partial charge in [0.05, 0.1) is 0 Å². The lowest BCUT2D eigenvalue weighted by molar-refractivity contribution is -0.141. The van der Waals surface area contributed by atoms with Gasteiger partial charge in [-0.25, -0.2) is 0 Å². The molecule has 0 fully saturated rings. The molecule has 0 spiro atoms. The number of aryl methyl sites for hydroxylation is 2. The first-order chi connectivity index (χ1) is 13.0. The van der Waals surface area contributed by atoms with Crippen LogP contribution < -0.4 is 5.32 Å². The largest absolute Gasteiger partial charge is 0.357 e. The average Bonchev–Trinajstić information content (AvgIpc) is 2.68. The van der Waals surface area contributed by atoms with E-state index in [1.807, 2.05) is 56.3 Å². The van der Waals surface area contributed by atoms with E-state index >= 15 is 0 Å². The van der Waals surface area contributed by atoms with Crippen LogP contribution in [-0.4, -0.2) is 29.8 Å². The molecule has 1 atom stereocenters. The zero-order chi connectivity index (χ0) is 19.8. The van der Waals surface area contributed by atoms with Gasteiger partial charge in [0.1, 0.15) is 6.04 Å². The Hall–Kier alpha value is -2.33. The molecule has 0 unspecified atom stereocenters. The fourth-order valence-corrected chi connectivity index (χ4v) is 3.24. The van der Waals surface area contributed by atoms with Crippen molar-refractivity contribution in [2.24, 2.45) is 0 Å². The number of nitrogens with one attached hydrogen (secondary N) is 1. The van der Waals surface area contributed by atoms with E-state index in [0.29, 0.717) is 30.8 Å². The summed E-state index contributed by atoms with van der Waals surface area (Å²) in [6, 6.07) is 15.1. The molecular weight excluding hydrogens is 360 g/mol. The summed E-state index contributed by atoms with van der Waals surface area (Å²) in [5.74, 6) is -0.209. The van der Waals surface area contributed by atoms with Gasteiger partial charge >= 0.3 is 0 Å². The van der Waals surface area contributed by atoms with Crippen molar-refractivity contribution in [2.45, 2.75) is 45.7 Å². The van der Waals surface area contributed by atoms with Crippen LogP contribution in [0.4, 0.5) is 0 Å². The number of halogens is 1. The number of rotatable bonds is 8. The summed E-state index contributed by atoms with van der Waals surface area (Å²) >= 11 is 6.28. The van der Waals surface area contributed by atoms with Gasteiger partial charge < -0.3 is 10.2 Å². The zero-order valence-corrected chi connectivity index (χ0v) is 16.9. The van der Waals surface area contributed by atoms with Crippen molar-refractivity contribution in [1.82, 2.24) is 10.2 Å². The van der Waals surface area contributed by atoms with Crippen LogP contribution in [0.3, 0.4) is 0 Å². The summed E-state index contributed by atoms with van der Waals surface area (Å²) in [4.78, 5) is 27.0. The van der Waals surface area contributed by atoms with Crippen LogP contribution >= 0.6 is 11.6 Å². The van der Waals surface area contributed by atoms with Crippen LogP contribution in [0, 0.1) is 6.92 Å². The van der Waals surface area contributed by atoms with E-state index in [0.717, 1.165) is 11.1 Å². The number of amides is 2. The lowest BCUT2D eigenvalue weighted by atomic mass is 10.1. The third kappa shape index (κ3) is 5.83. The van der Waals surface area contributed by atoms with Gasteiger partial charge in [-0.3, -0.25) is 9.59 Å².